The summed E-state index contributed by atoms with van der Waals surface area (Å²) in [5.41, 5.74) is 1.10. The van der Waals surface area contributed by atoms with Crippen LogP contribution < -0.4 is 15.4 Å². The highest BCUT2D eigenvalue weighted by Gasteiger charge is 2.19. The highest BCUT2D eigenvalue weighted by Crippen LogP contribution is 2.16. The average Bonchev–Trinajstić information content (AvgIpc) is 2.73. The number of ether oxygens (including phenoxy) is 2. The van der Waals surface area contributed by atoms with Gasteiger partial charge in [-0.2, -0.15) is 0 Å². The van der Waals surface area contributed by atoms with E-state index in [9.17, 15) is 0 Å². The van der Waals surface area contributed by atoms with Crippen LogP contribution in [0, 0.1) is 5.92 Å². The molecule has 0 bridgehead atoms. The third-order valence-electron chi connectivity index (χ3n) is 5.44. The zero-order valence-electron chi connectivity index (χ0n) is 20.6. The highest BCUT2D eigenvalue weighted by atomic mass is 127. The molecule has 2 heterocycles. The van der Waals surface area contributed by atoms with Crippen molar-refractivity contribution in [1.82, 2.24) is 20.5 Å². The molecule has 0 aromatic carbocycles. The van der Waals surface area contributed by atoms with Gasteiger partial charge in [0, 0.05) is 58.2 Å². The van der Waals surface area contributed by atoms with E-state index in [4.69, 9.17) is 14.5 Å². The summed E-state index contributed by atoms with van der Waals surface area (Å²) in [6.07, 6.45) is 6.36. The second kappa shape index (κ2) is 16.5. The van der Waals surface area contributed by atoms with E-state index < -0.39 is 0 Å². The summed E-state index contributed by atoms with van der Waals surface area (Å²) >= 11 is 0. The Morgan fingerprint density at radius 1 is 1.28 bits per heavy atom. The van der Waals surface area contributed by atoms with Crippen molar-refractivity contribution in [2.75, 3.05) is 39.9 Å². The summed E-state index contributed by atoms with van der Waals surface area (Å²) < 4.78 is 11.1. The summed E-state index contributed by atoms with van der Waals surface area (Å²) in [6.45, 7) is 14.3. The normalized spacial score (nSPS) is 16.5. The minimum Gasteiger partial charge on any atom is -0.475 e. The zero-order chi connectivity index (χ0) is 22.5. The van der Waals surface area contributed by atoms with Crippen LogP contribution in [0.1, 0.15) is 58.9 Å². The Morgan fingerprint density at radius 2 is 2.03 bits per heavy atom. The standard InChI is InChI=1S/C24H43N5O2.HI/c1-6-25-24(28-22-9-13-29(14-10-22)12-7-15-30-5)27-18-21-8-11-26-23(17-21)31-20(4)16-19(2)3;/h8,11,17,19-20,22H,6-7,9-10,12-16,18H2,1-5H3,(H2,25,27,28);1H. The summed E-state index contributed by atoms with van der Waals surface area (Å²) in [4.78, 5) is 11.7. The molecule has 0 saturated carbocycles. The number of piperidine rings is 1. The predicted octanol–water partition coefficient (Wildman–Crippen LogP) is 4.07. The number of aliphatic imine (C=N–C) groups is 1. The third-order valence-corrected chi connectivity index (χ3v) is 5.44. The first-order valence-electron chi connectivity index (χ1n) is 11.9. The van der Waals surface area contributed by atoms with Crippen molar-refractivity contribution in [2.45, 2.75) is 72.1 Å². The molecule has 8 heteroatoms. The molecule has 0 amide bonds. The summed E-state index contributed by atoms with van der Waals surface area (Å²) in [7, 11) is 1.77. The van der Waals surface area contributed by atoms with E-state index in [-0.39, 0.29) is 30.1 Å². The lowest BCUT2D eigenvalue weighted by Gasteiger charge is -2.33. The number of halogens is 1. The van der Waals surface area contributed by atoms with Crippen LogP contribution in [0.15, 0.2) is 23.3 Å². The Bertz CT molecular complexity index is 651. The lowest BCUT2D eigenvalue weighted by atomic mass is 10.1. The lowest BCUT2D eigenvalue weighted by Crippen LogP contribution is -2.48. The van der Waals surface area contributed by atoms with Crippen LogP contribution >= 0.6 is 24.0 Å². The van der Waals surface area contributed by atoms with E-state index in [1.807, 2.05) is 18.3 Å². The molecular weight excluding hydrogens is 517 g/mol. The van der Waals surface area contributed by atoms with Crippen LogP contribution in [0.4, 0.5) is 0 Å². The topological polar surface area (TPSA) is 71.0 Å². The first kappa shape index (κ1) is 28.9. The van der Waals surface area contributed by atoms with Crippen molar-refractivity contribution in [3.8, 4) is 5.88 Å². The molecule has 1 aliphatic rings. The van der Waals surface area contributed by atoms with E-state index in [0.29, 0.717) is 24.4 Å². The number of hydrogen-bond donors (Lipinski definition) is 2. The molecule has 1 fully saturated rings. The summed E-state index contributed by atoms with van der Waals surface area (Å²) in [6, 6.07) is 4.47. The molecule has 1 aliphatic heterocycles. The summed E-state index contributed by atoms with van der Waals surface area (Å²) in [5, 5.41) is 7.01. The largest absolute Gasteiger partial charge is 0.475 e. The second-order valence-electron chi connectivity index (χ2n) is 8.86. The minimum atomic E-state index is 0. The van der Waals surface area contributed by atoms with Crippen molar-refractivity contribution in [2.24, 2.45) is 10.9 Å². The number of likely N-dealkylation sites (tertiary alicyclic amines) is 1. The molecule has 1 unspecified atom stereocenters. The van der Waals surface area contributed by atoms with Crippen LogP contribution in [0.5, 0.6) is 5.88 Å². The number of methoxy groups -OCH3 is 1. The molecule has 0 radical (unpaired) electrons. The Kier molecular flexibility index (Phi) is 14.9. The molecule has 32 heavy (non-hydrogen) atoms. The fraction of sp³-hybridized carbons (Fsp3) is 0.750. The average molecular weight is 562 g/mol. The van der Waals surface area contributed by atoms with Gasteiger partial charge >= 0.3 is 0 Å². The number of nitrogens with one attached hydrogen (secondary N) is 2. The molecule has 0 aliphatic carbocycles. The molecule has 1 atom stereocenters. The van der Waals surface area contributed by atoms with Gasteiger partial charge in [-0.05, 0) is 57.1 Å². The van der Waals surface area contributed by atoms with Gasteiger partial charge in [-0.25, -0.2) is 9.98 Å². The molecular formula is C24H44IN5O2. The van der Waals surface area contributed by atoms with Gasteiger partial charge in [0.1, 0.15) is 0 Å². The molecule has 184 valence electrons. The van der Waals surface area contributed by atoms with Gasteiger partial charge in [0.25, 0.3) is 0 Å². The molecule has 1 aromatic heterocycles. The maximum Gasteiger partial charge on any atom is 0.213 e. The number of hydrogen-bond acceptors (Lipinski definition) is 5. The van der Waals surface area contributed by atoms with E-state index in [1.54, 1.807) is 7.11 Å². The predicted molar refractivity (Wildman–Crippen MR) is 143 cm³/mol. The zero-order valence-corrected chi connectivity index (χ0v) is 22.9. The number of pyridine rings is 1. The van der Waals surface area contributed by atoms with Crippen LogP contribution in [0.3, 0.4) is 0 Å². The fourth-order valence-electron chi connectivity index (χ4n) is 3.95. The Hall–Kier alpha value is -1.13. The van der Waals surface area contributed by atoms with E-state index in [0.717, 1.165) is 70.0 Å². The van der Waals surface area contributed by atoms with Crippen LogP contribution in [-0.2, 0) is 11.3 Å². The molecule has 7 nitrogen and oxygen atoms in total. The van der Waals surface area contributed by atoms with Crippen molar-refractivity contribution < 1.29 is 9.47 Å². The quantitative estimate of drug-likeness (QED) is 0.174. The first-order chi connectivity index (χ1) is 15.0. The van der Waals surface area contributed by atoms with Gasteiger partial charge in [-0.3, -0.25) is 0 Å². The smallest absolute Gasteiger partial charge is 0.213 e. The molecule has 1 saturated heterocycles. The Labute approximate surface area is 212 Å². The van der Waals surface area contributed by atoms with Gasteiger partial charge in [-0.15, -0.1) is 24.0 Å². The number of aromatic nitrogens is 1. The first-order valence-corrected chi connectivity index (χ1v) is 11.9. The fourth-order valence-corrected chi connectivity index (χ4v) is 3.95. The molecule has 2 rings (SSSR count). The van der Waals surface area contributed by atoms with Crippen molar-refractivity contribution in [3.63, 3.8) is 0 Å². The SMILES string of the molecule is CCNC(=NCc1ccnc(OC(C)CC(C)C)c1)NC1CCN(CCCOC)CC1.I. The maximum atomic E-state index is 5.98. The van der Waals surface area contributed by atoms with Crippen molar-refractivity contribution >= 4 is 29.9 Å². The van der Waals surface area contributed by atoms with Gasteiger partial charge in [0.2, 0.25) is 5.88 Å². The number of rotatable bonds is 12. The number of guanidine groups is 1. The minimum absolute atomic E-state index is 0. The summed E-state index contributed by atoms with van der Waals surface area (Å²) in [5.74, 6) is 2.17. The molecule has 0 spiro atoms. The van der Waals surface area contributed by atoms with E-state index in [2.05, 4.69) is 48.2 Å². The van der Waals surface area contributed by atoms with Gasteiger partial charge in [0.15, 0.2) is 5.96 Å². The van der Waals surface area contributed by atoms with Gasteiger partial charge in [-0.1, -0.05) is 13.8 Å². The monoisotopic (exact) mass is 561 g/mol. The van der Waals surface area contributed by atoms with E-state index >= 15 is 0 Å². The maximum absolute atomic E-state index is 5.98. The second-order valence-corrected chi connectivity index (χ2v) is 8.86. The highest BCUT2D eigenvalue weighted by molar-refractivity contribution is 14.0. The van der Waals surface area contributed by atoms with Crippen molar-refractivity contribution in [1.29, 1.82) is 0 Å². The van der Waals surface area contributed by atoms with Crippen molar-refractivity contribution in [3.05, 3.63) is 23.9 Å². The number of nitrogens with zero attached hydrogens (tertiary/aromatic N) is 3. The van der Waals surface area contributed by atoms with Crippen LogP contribution in [0.25, 0.3) is 0 Å². The van der Waals surface area contributed by atoms with Crippen LogP contribution in [-0.4, -0.2) is 67.9 Å². The lowest BCUT2D eigenvalue weighted by molar-refractivity contribution is 0.155. The third kappa shape index (κ3) is 11.7. The van der Waals surface area contributed by atoms with Crippen LogP contribution in [0.2, 0.25) is 0 Å². The Morgan fingerprint density at radius 3 is 2.69 bits per heavy atom. The van der Waals surface area contributed by atoms with Gasteiger partial charge in [0.05, 0.1) is 12.6 Å². The van der Waals surface area contributed by atoms with E-state index in [1.165, 1.54) is 0 Å². The molecule has 2 N–H and O–H groups in total. The molecule has 1 aromatic rings. The Balaban J connectivity index is 0.00000512. The van der Waals surface area contributed by atoms with Gasteiger partial charge < -0.3 is 25.0 Å².